The molecule has 0 aliphatic rings. The molecule has 1 heterocycles. The molecule has 3 heteroatoms. The zero-order chi connectivity index (χ0) is 12.0. The molecule has 1 rings (SSSR count). The first kappa shape index (κ1) is 13.3. The Morgan fingerprint density at radius 3 is 1.20 bits per heavy atom. The molecule has 0 nitrogen and oxygen atoms in total. The number of hydrogen-bond acceptors (Lipinski definition) is 1. The molecule has 0 aliphatic carbocycles. The highest BCUT2D eigenvalue weighted by molar-refractivity contribution is 7.20. The average Bonchev–Trinajstić information content (AvgIpc) is 2.22. The normalized spacial score (nSPS) is 13.3. The molecule has 0 fully saturated rings. The molecule has 0 spiro atoms. The number of halogens is 2. The minimum absolute atomic E-state index is 0.0450. The van der Waals surface area contributed by atoms with Crippen LogP contribution in [0.5, 0.6) is 0 Å². The van der Waals surface area contributed by atoms with Gasteiger partial charge in [-0.2, -0.15) is 0 Å². The molecule has 0 atom stereocenters. The average molecular weight is 265 g/mol. The van der Waals surface area contributed by atoms with Crippen LogP contribution in [0.4, 0.5) is 0 Å². The van der Waals surface area contributed by atoms with Crippen LogP contribution in [0, 0.1) is 0 Å². The summed E-state index contributed by atoms with van der Waals surface area (Å²) in [5.74, 6) is 0. The third-order valence-electron chi connectivity index (χ3n) is 2.32. The fraction of sp³-hybridized carbons (Fsp3) is 0.667. The van der Waals surface area contributed by atoms with Gasteiger partial charge in [-0.3, -0.25) is 0 Å². The maximum Gasteiger partial charge on any atom is 0.0984 e. The monoisotopic (exact) mass is 264 g/mol. The lowest BCUT2D eigenvalue weighted by molar-refractivity contribution is 0.535. The first-order valence-corrected chi connectivity index (χ1v) is 6.61. The molecule has 0 N–H and O–H groups in total. The standard InChI is InChI=1S/C12H18Cl2S/c1-11(2,3)7-8(12(4,5)6)10(14)15-9(7)13/h1-6H3. The van der Waals surface area contributed by atoms with Crippen LogP contribution in [0.1, 0.15) is 52.7 Å². The van der Waals surface area contributed by atoms with Gasteiger partial charge in [0.2, 0.25) is 0 Å². The predicted octanol–water partition coefficient (Wildman–Crippen LogP) is 5.65. The molecule has 15 heavy (non-hydrogen) atoms. The summed E-state index contributed by atoms with van der Waals surface area (Å²) in [5, 5.41) is 0. The summed E-state index contributed by atoms with van der Waals surface area (Å²) in [6.45, 7) is 13.0. The van der Waals surface area contributed by atoms with E-state index in [1.54, 1.807) is 0 Å². The summed E-state index contributed by atoms with van der Waals surface area (Å²) < 4.78 is 1.66. The minimum Gasteiger partial charge on any atom is -0.111 e. The molecule has 0 bridgehead atoms. The fourth-order valence-corrected chi connectivity index (χ4v) is 4.23. The zero-order valence-electron chi connectivity index (χ0n) is 10.2. The Bertz CT molecular complexity index is 330. The largest absolute Gasteiger partial charge is 0.111 e. The van der Waals surface area contributed by atoms with Gasteiger partial charge >= 0.3 is 0 Å². The van der Waals surface area contributed by atoms with Crippen molar-refractivity contribution in [2.75, 3.05) is 0 Å². The van der Waals surface area contributed by atoms with Crippen molar-refractivity contribution in [2.24, 2.45) is 0 Å². The Labute approximate surface area is 107 Å². The second-order valence-electron chi connectivity index (χ2n) is 5.90. The third kappa shape index (κ3) is 2.69. The molecular weight excluding hydrogens is 247 g/mol. The van der Waals surface area contributed by atoms with Crippen molar-refractivity contribution in [1.29, 1.82) is 0 Å². The maximum atomic E-state index is 6.27. The first-order chi connectivity index (χ1) is 6.55. The van der Waals surface area contributed by atoms with Crippen molar-refractivity contribution in [2.45, 2.75) is 52.4 Å². The second-order valence-corrected chi connectivity index (χ2v) is 8.12. The van der Waals surface area contributed by atoms with Crippen molar-refractivity contribution >= 4 is 34.5 Å². The van der Waals surface area contributed by atoms with E-state index in [0.29, 0.717) is 0 Å². The number of hydrogen-bond donors (Lipinski definition) is 0. The highest BCUT2D eigenvalue weighted by Crippen LogP contribution is 2.47. The second kappa shape index (κ2) is 3.94. The van der Waals surface area contributed by atoms with Crippen LogP contribution < -0.4 is 0 Å². The highest BCUT2D eigenvalue weighted by atomic mass is 35.5. The molecule has 0 unspecified atom stereocenters. The lowest BCUT2D eigenvalue weighted by Gasteiger charge is -2.27. The van der Waals surface area contributed by atoms with Crippen LogP contribution in [-0.2, 0) is 10.8 Å². The predicted molar refractivity (Wildman–Crippen MR) is 71.7 cm³/mol. The van der Waals surface area contributed by atoms with Crippen LogP contribution in [0.25, 0.3) is 0 Å². The minimum atomic E-state index is 0.0450. The highest BCUT2D eigenvalue weighted by Gasteiger charge is 2.31. The zero-order valence-corrected chi connectivity index (χ0v) is 12.5. The van der Waals surface area contributed by atoms with Crippen molar-refractivity contribution < 1.29 is 0 Å². The summed E-state index contributed by atoms with van der Waals surface area (Å²) >= 11 is 14.0. The Kier molecular flexibility index (Phi) is 3.51. The van der Waals surface area contributed by atoms with E-state index in [2.05, 4.69) is 41.5 Å². The van der Waals surface area contributed by atoms with E-state index < -0.39 is 0 Å². The van der Waals surface area contributed by atoms with E-state index >= 15 is 0 Å². The lowest BCUT2D eigenvalue weighted by Crippen LogP contribution is -2.20. The molecule has 0 saturated carbocycles. The van der Waals surface area contributed by atoms with E-state index in [1.807, 2.05) is 0 Å². The Morgan fingerprint density at radius 2 is 1.00 bits per heavy atom. The summed E-state index contributed by atoms with van der Waals surface area (Å²) in [4.78, 5) is 0. The number of thiophene rings is 1. The van der Waals surface area contributed by atoms with Crippen LogP contribution in [-0.4, -0.2) is 0 Å². The van der Waals surface area contributed by atoms with E-state index in [4.69, 9.17) is 23.2 Å². The summed E-state index contributed by atoms with van der Waals surface area (Å²) in [6, 6.07) is 0. The Hall–Kier alpha value is 0.280. The third-order valence-corrected chi connectivity index (χ3v) is 3.93. The first-order valence-electron chi connectivity index (χ1n) is 5.04. The van der Waals surface area contributed by atoms with Gasteiger partial charge < -0.3 is 0 Å². The van der Waals surface area contributed by atoms with Gasteiger partial charge in [0, 0.05) is 0 Å². The molecular formula is C12H18Cl2S. The van der Waals surface area contributed by atoms with Crippen molar-refractivity contribution in [3.63, 3.8) is 0 Å². The van der Waals surface area contributed by atoms with Gasteiger partial charge in [0.1, 0.15) is 0 Å². The summed E-state index contributed by atoms with van der Waals surface area (Å²) in [7, 11) is 0. The van der Waals surface area contributed by atoms with Crippen LogP contribution in [0.2, 0.25) is 8.67 Å². The lowest BCUT2D eigenvalue weighted by atomic mass is 9.78. The maximum absolute atomic E-state index is 6.27. The van der Waals surface area contributed by atoms with Crippen molar-refractivity contribution in [1.82, 2.24) is 0 Å². The van der Waals surface area contributed by atoms with E-state index in [0.717, 1.165) is 8.67 Å². The van der Waals surface area contributed by atoms with Gasteiger partial charge in [0.25, 0.3) is 0 Å². The number of rotatable bonds is 0. The van der Waals surface area contributed by atoms with Gasteiger partial charge in [-0.05, 0) is 22.0 Å². The Balaban J connectivity index is 3.51. The molecule has 0 saturated heterocycles. The van der Waals surface area contributed by atoms with Gasteiger partial charge in [0.05, 0.1) is 8.67 Å². The smallest absolute Gasteiger partial charge is 0.0984 e. The topological polar surface area (TPSA) is 0 Å². The van der Waals surface area contributed by atoms with Gasteiger partial charge in [-0.15, -0.1) is 11.3 Å². The van der Waals surface area contributed by atoms with Crippen LogP contribution in [0.15, 0.2) is 0 Å². The van der Waals surface area contributed by atoms with Crippen LogP contribution in [0.3, 0.4) is 0 Å². The molecule has 0 aromatic carbocycles. The van der Waals surface area contributed by atoms with Gasteiger partial charge in [-0.25, -0.2) is 0 Å². The molecule has 1 aromatic heterocycles. The van der Waals surface area contributed by atoms with Crippen molar-refractivity contribution in [3.05, 3.63) is 19.8 Å². The van der Waals surface area contributed by atoms with Gasteiger partial charge in [-0.1, -0.05) is 64.7 Å². The van der Waals surface area contributed by atoms with Gasteiger partial charge in [0.15, 0.2) is 0 Å². The Morgan fingerprint density at radius 1 is 0.733 bits per heavy atom. The summed E-state index contributed by atoms with van der Waals surface area (Å²) in [6.07, 6.45) is 0. The molecule has 0 amide bonds. The van der Waals surface area contributed by atoms with Crippen LogP contribution >= 0.6 is 34.5 Å². The van der Waals surface area contributed by atoms with Crippen molar-refractivity contribution in [3.8, 4) is 0 Å². The molecule has 0 radical (unpaired) electrons. The quantitative estimate of drug-likeness (QED) is 0.568. The SMILES string of the molecule is CC(C)(C)c1c(Cl)sc(Cl)c1C(C)(C)C. The fourth-order valence-electron chi connectivity index (χ4n) is 1.72. The molecule has 0 aliphatic heterocycles. The van der Waals surface area contributed by atoms with E-state index in [-0.39, 0.29) is 10.8 Å². The molecule has 1 aromatic rings. The molecule has 86 valence electrons. The summed E-state index contributed by atoms with van der Waals surface area (Å²) in [5.41, 5.74) is 2.49. The van der Waals surface area contributed by atoms with E-state index in [9.17, 15) is 0 Å². The van der Waals surface area contributed by atoms with E-state index in [1.165, 1.54) is 22.5 Å².